The van der Waals surface area contributed by atoms with Crippen LogP contribution in [0.4, 0.5) is 0 Å². The van der Waals surface area contributed by atoms with E-state index < -0.39 is 0 Å². The third-order valence-corrected chi connectivity index (χ3v) is 4.69. The van der Waals surface area contributed by atoms with E-state index >= 15 is 0 Å². The zero-order valence-electron chi connectivity index (χ0n) is 10.8. The van der Waals surface area contributed by atoms with Gasteiger partial charge in [0.1, 0.15) is 11.3 Å². The summed E-state index contributed by atoms with van der Waals surface area (Å²) in [5, 5.41) is 3.86. The summed E-state index contributed by atoms with van der Waals surface area (Å²) >= 11 is 13.8. The van der Waals surface area contributed by atoms with Crippen LogP contribution in [0.15, 0.2) is 41.9 Å². The van der Waals surface area contributed by atoms with Gasteiger partial charge in [-0.25, -0.2) is 9.97 Å². The van der Waals surface area contributed by atoms with Crippen molar-refractivity contribution < 1.29 is 0 Å². The van der Waals surface area contributed by atoms with Crippen molar-refractivity contribution in [2.24, 2.45) is 0 Å². The van der Waals surface area contributed by atoms with Gasteiger partial charge in [0.25, 0.3) is 0 Å². The maximum absolute atomic E-state index is 6.05. The molecule has 0 bridgehead atoms. The Kier molecular flexibility index (Phi) is 3.10. The molecule has 0 unspecified atom stereocenters. The first-order valence-electron chi connectivity index (χ1n) is 6.33. The molecule has 1 aromatic carbocycles. The van der Waals surface area contributed by atoms with Gasteiger partial charge < -0.3 is 0 Å². The van der Waals surface area contributed by atoms with Crippen molar-refractivity contribution in [3.63, 3.8) is 0 Å². The Bertz CT molecular complexity index is 958. The molecule has 0 radical (unpaired) electrons. The van der Waals surface area contributed by atoms with Crippen molar-refractivity contribution in [3.8, 4) is 5.69 Å². The van der Waals surface area contributed by atoms with Gasteiger partial charge in [-0.15, -0.1) is 22.9 Å². The number of hydrogen-bond acceptors (Lipinski definition) is 3. The maximum Gasteiger partial charge on any atom is 0.164 e. The molecule has 21 heavy (non-hydrogen) atoms. The van der Waals surface area contributed by atoms with E-state index in [-0.39, 0.29) is 0 Å². The molecule has 4 rings (SSSR count). The minimum atomic E-state index is 0.315. The second kappa shape index (κ2) is 4.98. The molecule has 0 saturated carbocycles. The SMILES string of the molecule is ClCc1nc2cc(Cl)cnc2n1-c1ccc2sccc2c1. The fraction of sp³-hybridized carbons (Fsp3) is 0.0667. The van der Waals surface area contributed by atoms with Gasteiger partial charge in [-0.1, -0.05) is 11.6 Å². The molecule has 4 aromatic rings. The summed E-state index contributed by atoms with van der Waals surface area (Å²) in [6, 6.07) is 10.2. The van der Waals surface area contributed by atoms with Crippen molar-refractivity contribution in [1.29, 1.82) is 0 Å². The van der Waals surface area contributed by atoms with Crippen molar-refractivity contribution in [2.45, 2.75) is 5.88 Å². The van der Waals surface area contributed by atoms with Gasteiger partial charge in [0.15, 0.2) is 5.65 Å². The summed E-state index contributed by atoms with van der Waals surface area (Å²) in [4.78, 5) is 8.93. The highest BCUT2D eigenvalue weighted by atomic mass is 35.5. The van der Waals surface area contributed by atoms with E-state index in [4.69, 9.17) is 23.2 Å². The first kappa shape index (κ1) is 13.1. The topological polar surface area (TPSA) is 30.7 Å². The van der Waals surface area contributed by atoms with Crippen molar-refractivity contribution in [2.75, 3.05) is 0 Å². The number of halogens is 2. The van der Waals surface area contributed by atoms with Crippen molar-refractivity contribution in [1.82, 2.24) is 14.5 Å². The van der Waals surface area contributed by atoms with Crippen molar-refractivity contribution >= 4 is 55.8 Å². The average molecular weight is 334 g/mol. The van der Waals surface area contributed by atoms with Crippen LogP contribution in [0.2, 0.25) is 5.02 Å². The zero-order valence-corrected chi connectivity index (χ0v) is 13.1. The smallest absolute Gasteiger partial charge is 0.164 e. The Hall–Kier alpha value is -1.62. The lowest BCUT2D eigenvalue weighted by Crippen LogP contribution is -2.00. The molecule has 3 aromatic heterocycles. The molecule has 0 aliphatic carbocycles. The number of fused-ring (bicyclic) bond motifs is 2. The Balaban J connectivity index is 2.03. The average Bonchev–Trinajstić information content (AvgIpc) is 3.09. The third kappa shape index (κ3) is 2.11. The van der Waals surface area contributed by atoms with Crippen LogP contribution in [0, 0.1) is 0 Å². The Morgan fingerprint density at radius 2 is 2.10 bits per heavy atom. The summed E-state index contributed by atoms with van der Waals surface area (Å²) in [7, 11) is 0. The molecule has 3 heterocycles. The molecule has 0 saturated heterocycles. The molecular weight excluding hydrogens is 325 g/mol. The number of benzene rings is 1. The van der Waals surface area contributed by atoms with E-state index in [0.29, 0.717) is 10.9 Å². The van der Waals surface area contributed by atoms with E-state index in [9.17, 15) is 0 Å². The minimum Gasteiger partial charge on any atom is -0.280 e. The lowest BCUT2D eigenvalue weighted by molar-refractivity contribution is 0.972. The van der Waals surface area contributed by atoms with Gasteiger partial charge in [0, 0.05) is 16.6 Å². The van der Waals surface area contributed by atoms with E-state index in [0.717, 1.165) is 22.7 Å². The first-order chi connectivity index (χ1) is 10.3. The number of hydrogen-bond donors (Lipinski definition) is 0. The third-order valence-electron chi connectivity index (χ3n) is 3.35. The van der Waals surface area contributed by atoms with Gasteiger partial charge in [0.05, 0.1) is 10.9 Å². The van der Waals surface area contributed by atoms with Gasteiger partial charge in [-0.3, -0.25) is 4.57 Å². The molecule has 0 N–H and O–H groups in total. The fourth-order valence-corrected chi connectivity index (χ4v) is 3.54. The highest BCUT2D eigenvalue weighted by molar-refractivity contribution is 7.17. The summed E-state index contributed by atoms with van der Waals surface area (Å²) < 4.78 is 3.24. The Morgan fingerprint density at radius 1 is 1.19 bits per heavy atom. The Morgan fingerprint density at radius 3 is 2.95 bits per heavy atom. The van der Waals surface area contributed by atoms with Gasteiger partial charge in [-0.2, -0.15) is 0 Å². The molecule has 0 fully saturated rings. The normalized spacial score (nSPS) is 11.5. The molecule has 6 heteroatoms. The number of thiophene rings is 1. The molecule has 3 nitrogen and oxygen atoms in total. The molecule has 104 valence electrons. The lowest BCUT2D eigenvalue weighted by Gasteiger charge is -2.07. The molecule has 0 aliphatic heterocycles. The van der Waals surface area contributed by atoms with Crippen LogP contribution in [-0.2, 0) is 5.88 Å². The molecule has 0 aliphatic rings. The second-order valence-corrected chi connectivity index (χ2v) is 6.29. The number of rotatable bonds is 2. The van der Waals surface area contributed by atoms with Crippen LogP contribution in [0.3, 0.4) is 0 Å². The predicted molar refractivity (Wildman–Crippen MR) is 88.8 cm³/mol. The van der Waals surface area contributed by atoms with Crippen LogP contribution in [-0.4, -0.2) is 14.5 Å². The van der Waals surface area contributed by atoms with E-state index in [1.807, 2.05) is 4.57 Å². The highest BCUT2D eigenvalue weighted by Crippen LogP contribution is 2.27. The van der Waals surface area contributed by atoms with Gasteiger partial charge in [0.2, 0.25) is 0 Å². The van der Waals surface area contributed by atoms with Gasteiger partial charge >= 0.3 is 0 Å². The monoisotopic (exact) mass is 333 g/mol. The van der Waals surface area contributed by atoms with Gasteiger partial charge in [-0.05, 0) is 41.1 Å². The van der Waals surface area contributed by atoms with Crippen LogP contribution in [0.1, 0.15) is 5.82 Å². The van der Waals surface area contributed by atoms with Crippen molar-refractivity contribution in [3.05, 3.63) is 52.8 Å². The summed E-state index contributed by atoms with van der Waals surface area (Å²) in [5.41, 5.74) is 2.53. The molecule has 0 spiro atoms. The summed E-state index contributed by atoms with van der Waals surface area (Å²) in [5.74, 6) is 1.08. The predicted octanol–water partition coefficient (Wildman–Crippen LogP) is 5.03. The van der Waals surface area contributed by atoms with Crippen LogP contribution in [0.5, 0.6) is 0 Å². The van der Waals surface area contributed by atoms with Crippen LogP contribution < -0.4 is 0 Å². The number of aromatic nitrogens is 3. The molecular formula is C15H9Cl2N3S. The number of alkyl halides is 1. The quantitative estimate of drug-likeness (QED) is 0.482. The summed E-state index contributed by atoms with van der Waals surface area (Å²) in [6.45, 7) is 0. The number of pyridine rings is 1. The number of imidazole rings is 1. The minimum absolute atomic E-state index is 0.315. The molecule has 0 amide bonds. The number of nitrogens with zero attached hydrogens (tertiary/aromatic N) is 3. The summed E-state index contributed by atoms with van der Waals surface area (Å²) in [6.07, 6.45) is 1.63. The van der Waals surface area contributed by atoms with E-state index in [1.54, 1.807) is 23.6 Å². The Labute approximate surface area is 134 Å². The largest absolute Gasteiger partial charge is 0.280 e. The fourth-order valence-electron chi connectivity index (χ4n) is 2.44. The van der Waals surface area contributed by atoms with Crippen LogP contribution in [0.25, 0.3) is 26.9 Å². The first-order valence-corrected chi connectivity index (χ1v) is 8.12. The maximum atomic E-state index is 6.05. The van der Waals surface area contributed by atoms with E-state index in [2.05, 4.69) is 39.6 Å². The highest BCUT2D eigenvalue weighted by Gasteiger charge is 2.13. The van der Waals surface area contributed by atoms with Crippen LogP contribution >= 0.6 is 34.5 Å². The zero-order chi connectivity index (χ0) is 14.4. The van der Waals surface area contributed by atoms with E-state index in [1.165, 1.54) is 10.1 Å². The standard InChI is InChI=1S/C15H9Cl2N3S/c16-7-14-19-12-6-10(17)8-18-15(12)20(14)11-1-2-13-9(5-11)3-4-21-13/h1-6,8H,7H2. The lowest BCUT2D eigenvalue weighted by atomic mass is 10.2. The molecule has 0 atom stereocenters. The second-order valence-electron chi connectivity index (χ2n) is 4.64.